The molecule has 158 valence electrons. The summed E-state index contributed by atoms with van der Waals surface area (Å²) < 4.78 is 0. The predicted octanol–water partition coefficient (Wildman–Crippen LogP) is 6.45. The summed E-state index contributed by atoms with van der Waals surface area (Å²) >= 11 is 12.2. The monoisotopic (exact) mass is 452 g/mol. The number of nitrogens with zero attached hydrogens (tertiary/aromatic N) is 2. The Hall–Kier alpha value is -3.02. The van der Waals surface area contributed by atoms with Crippen molar-refractivity contribution in [2.75, 3.05) is 11.9 Å². The van der Waals surface area contributed by atoms with Gasteiger partial charge < -0.3 is 15.2 Å². The molecule has 0 aliphatic rings. The van der Waals surface area contributed by atoms with Crippen LogP contribution >= 0.6 is 23.2 Å². The van der Waals surface area contributed by atoms with Gasteiger partial charge in [-0.1, -0.05) is 47.5 Å². The Balaban J connectivity index is 1.55. The molecule has 4 rings (SSSR count). The van der Waals surface area contributed by atoms with E-state index in [-0.39, 0.29) is 6.03 Å². The van der Waals surface area contributed by atoms with Crippen molar-refractivity contribution < 1.29 is 4.79 Å². The number of hydrogen-bond donors (Lipinski definition) is 2. The van der Waals surface area contributed by atoms with Crippen LogP contribution in [0.3, 0.4) is 0 Å². The first-order valence-corrected chi connectivity index (χ1v) is 10.7. The number of nitrogens with one attached hydrogen (secondary N) is 2. The number of urea groups is 1. The first-order chi connectivity index (χ1) is 15.0. The van der Waals surface area contributed by atoms with Crippen molar-refractivity contribution in [3.05, 3.63) is 93.9 Å². The topological polar surface area (TPSA) is 61.0 Å². The van der Waals surface area contributed by atoms with Gasteiger partial charge >= 0.3 is 6.03 Å². The number of hydrogen-bond acceptors (Lipinski definition) is 2. The van der Waals surface area contributed by atoms with Gasteiger partial charge in [0, 0.05) is 34.4 Å². The normalized spacial score (nSPS) is 10.9. The van der Waals surface area contributed by atoms with Crippen LogP contribution in [-0.4, -0.2) is 27.4 Å². The van der Waals surface area contributed by atoms with Gasteiger partial charge in [-0.3, -0.25) is 4.98 Å². The number of halogens is 2. The van der Waals surface area contributed by atoms with E-state index >= 15 is 0 Å². The first-order valence-electron chi connectivity index (χ1n) is 9.98. The summed E-state index contributed by atoms with van der Waals surface area (Å²) in [5.74, 6) is 0. The smallest absolute Gasteiger partial charge is 0.322 e. The summed E-state index contributed by atoms with van der Waals surface area (Å²) in [4.78, 5) is 22.7. The molecule has 2 aromatic heterocycles. The fourth-order valence-electron chi connectivity index (χ4n) is 3.51. The Morgan fingerprint density at radius 2 is 1.94 bits per heavy atom. The van der Waals surface area contributed by atoms with E-state index in [2.05, 4.69) is 21.4 Å². The highest BCUT2D eigenvalue weighted by atomic mass is 35.5. The Morgan fingerprint density at radius 3 is 2.74 bits per heavy atom. The molecule has 0 atom stereocenters. The van der Waals surface area contributed by atoms with Gasteiger partial charge in [0.1, 0.15) is 0 Å². The maximum Gasteiger partial charge on any atom is 0.322 e. The van der Waals surface area contributed by atoms with Gasteiger partial charge in [0.25, 0.3) is 0 Å². The minimum atomic E-state index is -0.243. The molecule has 31 heavy (non-hydrogen) atoms. The van der Waals surface area contributed by atoms with Crippen LogP contribution in [0.25, 0.3) is 10.9 Å². The number of para-hydroxylation sites is 1. The van der Waals surface area contributed by atoms with Crippen molar-refractivity contribution in [2.45, 2.75) is 19.9 Å². The standard InChI is InChI=1S/C24H22Cl2N4O/c1-16-5-4-6-19(28-16)15-30(24(31)29-23-10-9-18(25)13-21(23)26)12-11-17-14-27-22-8-3-2-7-20(17)22/h2-10,13-14,27H,11-12,15H2,1H3,(H,29,31). The number of amides is 2. The first kappa shape index (κ1) is 21.2. The van der Waals surface area contributed by atoms with Crippen LogP contribution in [0.4, 0.5) is 10.5 Å². The maximum absolute atomic E-state index is 13.1. The van der Waals surface area contributed by atoms with Crippen LogP contribution in [0.1, 0.15) is 17.0 Å². The molecule has 5 nitrogen and oxygen atoms in total. The molecule has 0 radical (unpaired) electrons. The quantitative estimate of drug-likeness (QED) is 0.352. The molecular formula is C24H22Cl2N4O. The number of H-pyrrole nitrogens is 1. The van der Waals surface area contributed by atoms with E-state index in [1.54, 1.807) is 23.1 Å². The number of anilines is 1. The van der Waals surface area contributed by atoms with Gasteiger partial charge in [-0.05, 0) is 55.3 Å². The third-order valence-corrected chi connectivity index (χ3v) is 5.63. The average Bonchev–Trinajstić information content (AvgIpc) is 3.16. The highest BCUT2D eigenvalue weighted by molar-refractivity contribution is 6.36. The molecule has 2 N–H and O–H groups in total. The van der Waals surface area contributed by atoms with Crippen molar-refractivity contribution in [3.63, 3.8) is 0 Å². The highest BCUT2D eigenvalue weighted by Crippen LogP contribution is 2.26. The minimum absolute atomic E-state index is 0.243. The van der Waals surface area contributed by atoms with Crippen LogP contribution < -0.4 is 5.32 Å². The molecular weight excluding hydrogens is 431 g/mol. The van der Waals surface area contributed by atoms with Crippen molar-refractivity contribution in [1.82, 2.24) is 14.9 Å². The van der Waals surface area contributed by atoms with Crippen molar-refractivity contribution in [2.24, 2.45) is 0 Å². The van der Waals surface area contributed by atoms with E-state index in [9.17, 15) is 4.79 Å². The van der Waals surface area contributed by atoms with Gasteiger partial charge in [0.15, 0.2) is 0 Å². The third-order valence-electron chi connectivity index (χ3n) is 5.08. The summed E-state index contributed by atoms with van der Waals surface area (Å²) in [6, 6.07) is 18.7. The van der Waals surface area contributed by atoms with Gasteiger partial charge in [0.2, 0.25) is 0 Å². The summed E-state index contributed by atoms with van der Waals surface area (Å²) in [6.45, 7) is 2.85. The lowest BCUT2D eigenvalue weighted by atomic mass is 10.1. The van der Waals surface area contributed by atoms with Gasteiger partial charge in [-0.25, -0.2) is 4.79 Å². The number of rotatable bonds is 6. The van der Waals surface area contributed by atoms with Crippen molar-refractivity contribution in [1.29, 1.82) is 0 Å². The van der Waals surface area contributed by atoms with E-state index in [0.717, 1.165) is 27.9 Å². The molecule has 0 aliphatic carbocycles. The zero-order valence-corrected chi connectivity index (χ0v) is 18.5. The lowest BCUT2D eigenvalue weighted by molar-refractivity contribution is 0.209. The number of carbonyl (C=O) groups excluding carboxylic acids is 1. The summed E-state index contributed by atoms with van der Waals surface area (Å²) in [6.07, 6.45) is 2.71. The molecule has 0 spiro atoms. The van der Waals surface area contributed by atoms with Crippen LogP contribution in [0, 0.1) is 6.92 Å². The van der Waals surface area contributed by atoms with Crippen LogP contribution in [-0.2, 0) is 13.0 Å². The molecule has 4 aromatic rings. The number of carbonyl (C=O) groups is 1. The fraction of sp³-hybridized carbons (Fsp3) is 0.167. The number of benzene rings is 2. The number of aryl methyl sites for hydroxylation is 1. The SMILES string of the molecule is Cc1cccc(CN(CCc2c[nH]c3ccccc23)C(=O)Nc2ccc(Cl)cc2Cl)n1. The van der Waals surface area contributed by atoms with E-state index < -0.39 is 0 Å². The van der Waals surface area contributed by atoms with Gasteiger partial charge in [0.05, 0.1) is 22.9 Å². The highest BCUT2D eigenvalue weighted by Gasteiger charge is 2.17. The van der Waals surface area contributed by atoms with E-state index in [1.807, 2.05) is 49.5 Å². The second kappa shape index (κ2) is 9.41. The largest absolute Gasteiger partial charge is 0.361 e. The second-order valence-corrected chi connectivity index (χ2v) is 8.20. The Bertz CT molecular complexity index is 1220. The zero-order valence-electron chi connectivity index (χ0n) is 17.0. The number of fused-ring (bicyclic) bond motifs is 1. The number of aromatic nitrogens is 2. The van der Waals surface area contributed by atoms with Crippen molar-refractivity contribution >= 4 is 45.8 Å². The summed E-state index contributed by atoms with van der Waals surface area (Å²) in [7, 11) is 0. The fourth-order valence-corrected chi connectivity index (χ4v) is 3.97. The van der Waals surface area contributed by atoms with Crippen molar-refractivity contribution in [3.8, 4) is 0 Å². The molecule has 0 bridgehead atoms. The lowest BCUT2D eigenvalue weighted by Gasteiger charge is -2.23. The third kappa shape index (κ3) is 5.19. The predicted molar refractivity (Wildman–Crippen MR) is 127 cm³/mol. The molecule has 2 amide bonds. The molecule has 0 saturated heterocycles. The number of pyridine rings is 1. The Labute approximate surface area is 191 Å². The van der Waals surface area contributed by atoms with E-state index in [1.165, 1.54) is 0 Å². The minimum Gasteiger partial charge on any atom is -0.361 e. The average molecular weight is 453 g/mol. The van der Waals surface area contributed by atoms with Crippen LogP contribution in [0.15, 0.2) is 66.9 Å². The summed E-state index contributed by atoms with van der Waals surface area (Å²) in [5.41, 5.74) is 4.51. The zero-order chi connectivity index (χ0) is 21.8. The van der Waals surface area contributed by atoms with Crippen LogP contribution in [0.5, 0.6) is 0 Å². The Morgan fingerprint density at radius 1 is 1.10 bits per heavy atom. The van der Waals surface area contributed by atoms with Gasteiger partial charge in [-0.2, -0.15) is 0 Å². The molecule has 0 aliphatic heterocycles. The molecule has 7 heteroatoms. The second-order valence-electron chi connectivity index (χ2n) is 7.36. The molecule has 2 aromatic carbocycles. The molecule has 0 saturated carbocycles. The van der Waals surface area contributed by atoms with Gasteiger partial charge in [-0.15, -0.1) is 0 Å². The summed E-state index contributed by atoms with van der Waals surface area (Å²) in [5, 5.41) is 4.98. The van der Waals surface area contributed by atoms with E-state index in [4.69, 9.17) is 23.2 Å². The van der Waals surface area contributed by atoms with E-state index in [0.29, 0.717) is 35.2 Å². The Kier molecular flexibility index (Phi) is 6.44. The van der Waals surface area contributed by atoms with Crippen LogP contribution in [0.2, 0.25) is 10.0 Å². The molecule has 0 fully saturated rings. The number of aromatic amines is 1. The maximum atomic E-state index is 13.1. The lowest BCUT2D eigenvalue weighted by Crippen LogP contribution is -2.36. The molecule has 0 unspecified atom stereocenters. The molecule has 2 heterocycles.